The fourth-order valence-corrected chi connectivity index (χ4v) is 5.46. The highest BCUT2D eigenvalue weighted by molar-refractivity contribution is 6.69. The van der Waals surface area contributed by atoms with E-state index in [0.717, 1.165) is 5.54 Å². The highest BCUT2D eigenvalue weighted by atomic mass is 35.5. The van der Waals surface area contributed by atoms with Gasteiger partial charge in [-0.1, -0.05) is 58.3 Å². The SMILES string of the molecule is CCC(C)[SiH](C=CCl)C(C)(C)C. The molecule has 2 heteroatoms. The van der Waals surface area contributed by atoms with Gasteiger partial charge in [-0.05, 0) is 16.1 Å². The molecule has 12 heavy (non-hydrogen) atoms. The summed E-state index contributed by atoms with van der Waals surface area (Å²) in [7, 11) is -0.829. The predicted molar refractivity (Wildman–Crippen MR) is 61.6 cm³/mol. The van der Waals surface area contributed by atoms with Crippen molar-refractivity contribution in [1.29, 1.82) is 0 Å². The minimum atomic E-state index is -0.829. The highest BCUT2D eigenvalue weighted by Gasteiger charge is 2.27. The Hall–Kier alpha value is 0.247. The molecule has 0 heterocycles. The summed E-state index contributed by atoms with van der Waals surface area (Å²) in [6, 6.07) is 0. The topological polar surface area (TPSA) is 0 Å². The number of rotatable bonds is 3. The number of hydrogen-bond acceptors (Lipinski definition) is 0. The molecule has 0 spiro atoms. The van der Waals surface area contributed by atoms with Crippen LogP contribution in [0.25, 0.3) is 0 Å². The van der Waals surface area contributed by atoms with Crippen LogP contribution in [0.3, 0.4) is 0 Å². The van der Waals surface area contributed by atoms with E-state index in [1.165, 1.54) is 6.42 Å². The minimum Gasteiger partial charge on any atom is -0.0937 e. The first-order valence-electron chi connectivity index (χ1n) is 4.70. The maximum absolute atomic E-state index is 5.66. The number of halogens is 1. The van der Waals surface area contributed by atoms with E-state index in [1.54, 1.807) is 5.54 Å². The van der Waals surface area contributed by atoms with Gasteiger partial charge in [0.2, 0.25) is 0 Å². The maximum atomic E-state index is 5.66. The largest absolute Gasteiger partial charge is 0.0937 e. The van der Waals surface area contributed by atoms with Crippen LogP contribution in [-0.2, 0) is 0 Å². The van der Waals surface area contributed by atoms with Crippen molar-refractivity contribution in [2.75, 3.05) is 0 Å². The van der Waals surface area contributed by atoms with Gasteiger partial charge in [-0.3, -0.25) is 0 Å². The van der Waals surface area contributed by atoms with Crippen molar-refractivity contribution in [1.82, 2.24) is 0 Å². The Morgan fingerprint density at radius 3 is 2.17 bits per heavy atom. The van der Waals surface area contributed by atoms with Crippen molar-refractivity contribution in [2.45, 2.75) is 51.6 Å². The third kappa shape index (κ3) is 3.77. The van der Waals surface area contributed by atoms with Crippen molar-refractivity contribution in [3.8, 4) is 0 Å². The van der Waals surface area contributed by atoms with E-state index in [2.05, 4.69) is 40.3 Å². The lowest BCUT2D eigenvalue weighted by Gasteiger charge is -2.31. The first-order chi connectivity index (χ1) is 5.43. The zero-order chi connectivity index (χ0) is 9.78. The van der Waals surface area contributed by atoms with Gasteiger partial charge in [-0.2, -0.15) is 0 Å². The lowest BCUT2D eigenvalue weighted by Crippen LogP contribution is -2.27. The predicted octanol–water partition coefficient (Wildman–Crippen LogP) is 4.11. The van der Waals surface area contributed by atoms with Crippen LogP contribution in [0.4, 0.5) is 0 Å². The van der Waals surface area contributed by atoms with Crippen LogP contribution >= 0.6 is 11.6 Å². The van der Waals surface area contributed by atoms with Crippen molar-refractivity contribution in [2.24, 2.45) is 0 Å². The van der Waals surface area contributed by atoms with E-state index in [4.69, 9.17) is 11.6 Å². The fourth-order valence-electron chi connectivity index (χ4n) is 1.66. The molecule has 0 radical (unpaired) electrons. The lowest BCUT2D eigenvalue weighted by molar-refractivity contribution is 0.704. The Morgan fingerprint density at radius 1 is 1.42 bits per heavy atom. The Morgan fingerprint density at radius 2 is 1.92 bits per heavy atom. The Kier molecular flexibility index (Phi) is 5.18. The summed E-state index contributed by atoms with van der Waals surface area (Å²) >= 11 is 5.66. The molecular formula is C10H21ClSi. The second kappa shape index (κ2) is 5.08. The molecule has 0 aliphatic carbocycles. The molecule has 0 saturated heterocycles. The molecule has 72 valence electrons. The quantitative estimate of drug-likeness (QED) is 0.608. The Balaban J connectivity index is 4.44. The Bertz CT molecular complexity index is 146. The summed E-state index contributed by atoms with van der Waals surface area (Å²) in [5.41, 5.74) is 4.82. The summed E-state index contributed by atoms with van der Waals surface area (Å²) < 4.78 is 0. The van der Waals surface area contributed by atoms with Gasteiger partial charge in [-0.15, -0.1) is 0 Å². The van der Waals surface area contributed by atoms with E-state index >= 15 is 0 Å². The standard InChI is InChI=1S/C10H21ClSi/c1-6-9(2)12(8-7-11)10(3,4)5/h7-9,12H,6H2,1-5H3. The van der Waals surface area contributed by atoms with Gasteiger partial charge in [0.15, 0.2) is 0 Å². The average Bonchev–Trinajstić information content (AvgIpc) is 1.96. The van der Waals surface area contributed by atoms with E-state index in [1.807, 2.05) is 0 Å². The van der Waals surface area contributed by atoms with Crippen LogP contribution in [0.15, 0.2) is 11.2 Å². The molecule has 0 rings (SSSR count). The van der Waals surface area contributed by atoms with E-state index in [-0.39, 0.29) is 0 Å². The molecule has 0 aromatic rings. The third-order valence-corrected chi connectivity index (χ3v) is 7.23. The summed E-state index contributed by atoms with van der Waals surface area (Å²) in [5.74, 6) is 0. The van der Waals surface area contributed by atoms with Crippen LogP contribution < -0.4 is 0 Å². The van der Waals surface area contributed by atoms with Gasteiger partial charge in [0.05, 0.1) is 8.80 Å². The van der Waals surface area contributed by atoms with Gasteiger partial charge in [0.1, 0.15) is 0 Å². The molecule has 0 nitrogen and oxygen atoms in total. The summed E-state index contributed by atoms with van der Waals surface area (Å²) in [5, 5.41) is 0.459. The van der Waals surface area contributed by atoms with Crippen molar-refractivity contribution >= 4 is 20.4 Å². The lowest BCUT2D eigenvalue weighted by atomic mass is 10.2. The van der Waals surface area contributed by atoms with Crippen molar-refractivity contribution in [3.63, 3.8) is 0 Å². The molecule has 0 saturated carbocycles. The van der Waals surface area contributed by atoms with Gasteiger partial charge >= 0.3 is 0 Å². The van der Waals surface area contributed by atoms with Gasteiger partial charge in [0.25, 0.3) is 0 Å². The average molecular weight is 205 g/mol. The molecule has 0 N–H and O–H groups in total. The summed E-state index contributed by atoms with van der Waals surface area (Å²) in [6.07, 6.45) is 1.27. The molecule has 0 amide bonds. The van der Waals surface area contributed by atoms with Crippen LogP contribution in [0.2, 0.25) is 10.6 Å². The van der Waals surface area contributed by atoms with Crippen LogP contribution in [0, 0.1) is 0 Å². The van der Waals surface area contributed by atoms with Gasteiger partial charge in [0, 0.05) is 0 Å². The van der Waals surface area contributed by atoms with Crippen LogP contribution in [0.1, 0.15) is 41.0 Å². The zero-order valence-corrected chi connectivity index (χ0v) is 10.8. The normalized spacial score (nSPS) is 18.2. The smallest absolute Gasteiger partial charge is 0.0707 e. The van der Waals surface area contributed by atoms with Crippen LogP contribution in [-0.4, -0.2) is 8.80 Å². The monoisotopic (exact) mass is 204 g/mol. The molecule has 0 aliphatic heterocycles. The van der Waals surface area contributed by atoms with Crippen molar-refractivity contribution < 1.29 is 0 Å². The summed E-state index contributed by atoms with van der Waals surface area (Å²) in [6.45, 7) is 11.6. The molecular weight excluding hydrogens is 184 g/mol. The molecule has 0 aromatic heterocycles. The molecule has 0 fully saturated rings. The fraction of sp³-hybridized carbons (Fsp3) is 0.800. The van der Waals surface area contributed by atoms with E-state index in [9.17, 15) is 0 Å². The zero-order valence-electron chi connectivity index (χ0n) is 8.89. The molecule has 0 bridgehead atoms. The van der Waals surface area contributed by atoms with Gasteiger partial charge < -0.3 is 0 Å². The van der Waals surface area contributed by atoms with E-state index < -0.39 is 8.80 Å². The molecule has 0 aromatic carbocycles. The Labute approximate surface area is 83.6 Å². The van der Waals surface area contributed by atoms with Gasteiger partial charge in [-0.25, -0.2) is 0 Å². The third-order valence-electron chi connectivity index (χ3n) is 2.54. The summed E-state index contributed by atoms with van der Waals surface area (Å²) in [4.78, 5) is 0. The minimum absolute atomic E-state index is 0.459. The second-order valence-electron chi connectivity index (χ2n) is 4.60. The van der Waals surface area contributed by atoms with Crippen LogP contribution in [0.5, 0.6) is 0 Å². The molecule has 2 atom stereocenters. The first kappa shape index (κ1) is 12.2. The molecule has 2 unspecified atom stereocenters. The second-order valence-corrected chi connectivity index (χ2v) is 9.15. The molecule has 0 aliphatic rings. The maximum Gasteiger partial charge on any atom is 0.0707 e. The van der Waals surface area contributed by atoms with Crippen molar-refractivity contribution in [3.05, 3.63) is 11.2 Å². The van der Waals surface area contributed by atoms with E-state index in [0.29, 0.717) is 5.04 Å². The highest BCUT2D eigenvalue weighted by Crippen LogP contribution is 2.35. The number of hydrogen-bond donors (Lipinski definition) is 0. The first-order valence-corrected chi connectivity index (χ1v) is 7.05.